The van der Waals surface area contributed by atoms with Crippen LogP contribution in [0.2, 0.25) is 0 Å². The summed E-state index contributed by atoms with van der Waals surface area (Å²) >= 11 is 1.52. The highest BCUT2D eigenvalue weighted by Gasteiger charge is 2.00. The smallest absolute Gasteiger partial charge is 0.205 e. The fraction of sp³-hybridized carbons (Fsp3) is 0.273. The first-order valence-electron chi connectivity index (χ1n) is 5.27. The average molecular weight is 250 g/mol. The van der Waals surface area contributed by atoms with Gasteiger partial charge in [0.25, 0.3) is 0 Å². The molecule has 0 aliphatic rings. The van der Waals surface area contributed by atoms with Crippen LogP contribution in [0.4, 0.5) is 10.8 Å². The van der Waals surface area contributed by atoms with Gasteiger partial charge in [0.15, 0.2) is 0 Å². The van der Waals surface area contributed by atoms with Gasteiger partial charge in [0.2, 0.25) is 5.13 Å². The van der Waals surface area contributed by atoms with E-state index in [9.17, 15) is 0 Å². The number of anilines is 2. The molecule has 0 fully saturated rings. The molecular weight excluding hydrogens is 236 g/mol. The maximum atomic E-state index is 5.75. The molecule has 0 unspecified atom stereocenters. The predicted molar refractivity (Wildman–Crippen MR) is 69.5 cm³/mol. The third-order valence-electron chi connectivity index (χ3n) is 2.08. The molecule has 6 heteroatoms. The summed E-state index contributed by atoms with van der Waals surface area (Å²) < 4.78 is 5.53. The lowest BCUT2D eigenvalue weighted by Crippen LogP contribution is -2.12. The molecule has 1 aromatic heterocycles. The van der Waals surface area contributed by atoms with Gasteiger partial charge in [-0.3, -0.25) is 0 Å². The van der Waals surface area contributed by atoms with Crippen LogP contribution in [0, 0.1) is 6.92 Å². The minimum atomic E-state index is 0.535. The zero-order chi connectivity index (χ0) is 12.1. The second kappa shape index (κ2) is 5.49. The number of nitrogen functional groups attached to an aromatic ring is 1. The van der Waals surface area contributed by atoms with Gasteiger partial charge in [-0.2, -0.15) is 0 Å². The summed E-state index contributed by atoms with van der Waals surface area (Å²) in [4.78, 5) is 0. The molecule has 1 heterocycles. The topological polar surface area (TPSA) is 73.1 Å². The molecule has 0 bridgehead atoms. The summed E-state index contributed by atoms with van der Waals surface area (Å²) in [7, 11) is 0. The molecule has 17 heavy (non-hydrogen) atoms. The Morgan fingerprint density at radius 2 is 2.18 bits per heavy atom. The number of hydrogen-bond acceptors (Lipinski definition) is 6. The Hall–Kier alpha value is -1.82. The van der Waals surface area contributed by atoms with Crippen LogP contribution in [0.3, 0.4) is 0 Å². The van der Waals surface area contributed by atoms with Crippen LogP contribution in [-0.2, 0) is 0 Å². The number of nitrogens with two attached hydrogens (primary N) is 1. The first-order chi connectivity index (χ1) is 8.25. The van der Waals surface area contributed by atoms with Crippen LogP contribution < -0.4 is 15.8 Å². The zero-order valence-electron chi connectivity index (χ0n) is 9.51. The Labute approximate surface area is 104 Å². The lowest BCUT2D eigenvalue weighted by Gasteiger charge is -2.08. The molecule has 0 spiro atoms. The summed E-state index contributed by atoms with van der Waals surface area (Å²) in [6.45, 7) is 3.12. The highest BCUT2D eigenvalue weighted by Crippen LogP contribution is 2.19. The van der Waals surface area contributed by atoms with Gasteiger partial charge < -0.3 is 15.8 Å². The van der Waals surface area contributed by atoms with Gasteiger partial charge in [-0.1, -0.05) is 23.5 Å². The van der Waals surface area contributed by atoms with E-state index in [0.717, 1.165) is 10.1 Å². The van der Waals surface area contributed by atoms with Gasteiger partial charge in [-0.15, -0.1) is 10.2 Å². The fourth-order valence-electron chi connectivity index (χ4n) is 1.30. The van der Waals surface area contributed by atoms with E-state index in [-0.39, 0.29) is 0 Å². The van der Waals surface area contributed by atoms with E-state index in [1.54, 1.807) is 0 Å². The number of nitrogens with zero attached hydrogens (tertiary/aromatic N) is 2. The van der Waals surface area contributed by atoms with E-state index in [1.165, 1.54) is 11.3 Å². The molecule has 2 rings (SSSR count). The maximum Gasteiger partial charge on any atom is 0.205 e. The van der Waals surface area contributed by atoms with Crippen molar-refractivity contribution in [3.8, 4) is 5.75 Å². The number of hydrogen-bond donors (Lipinski definition) is 2. The van der Waals surface area contributed by atoms with E-state index in [2.05, 4.69) is 15.5 Å². The Morgan fingerprint density at radius 3 is 2.88 bits per heavy atom. The minimum Gasteiger partial charge on any atom is -0.490 e. The number of aromatic nitrogens is 2. The quantitative estimate of drug-likeness (QED) is 0.626. The van der Waals surface area contributed by atoms with E-state index >= 15 is 0 Å². The number of ether oxygens (including phenoxy) is 1. The van der Waals surface area contributed by atoms with Crippen LogP contribution in [0.5, 0.6) is 5.75 Å². The van der Waals surface area contributed by atoms with Crippen molar-refractivity contribution in [2.45, 2.75) is 6.92 Å². The van der Waals surface area contributed by atoms with Crippen molar-refractivity contribution in [2.24, 2.45) is 0 Å². The first kappa shape index (κ1) is 11.7. The molecule has 0 aliphatic carbocycles. The maximum absolute atomic E-state index is 5.75. The first-order valence-corrected chi connectivity index (χ1v) is 6.08. The van der Waals surface area contributed by atoms with Crippen LogP contribution in [0.1, 0.15) is 5.01 Å². The van der Waals surface area contributed by atoms with Gasteiger partial charge in [-0.05, 0) is 19.1 Å². The van der Waals surface area contributed by atoms with Gasteiger partial charge in [-0.25, -0.2) is 0 Å². The van der Waals surface area contributed by atoms with Gasteiger partial charge in [0.1, 0.15) is 17.4 Å². The lowest BCUT2D eigenvalue weighted by molar-refractivity contribution is 0.334. The standard InChI is InChI=1S/C11H14N4OS/c1-8-14-15-11(17-8)13-6-7-16-10-5-3-2-4-9(10)12/h2-5H,6-7,12H2,1H3,(H,13,15). The van der Waals surface area contributed by atoms with Crippen molar-refractivity contribution >= 4 is 22.2 Å². The largest absolute Gasteiger partial charge is 0.490 e. The third-order valence-corrected chi connectivity index (χ3v) is 2.88. The highest BCUT2D eigenvalue weighted by atomic mass is 32.1. The second-order valence-corrected chi connectivity index (χ2v) is 4.62. The normalized spacial score (nSPS) is 10.2. The third kappa shape index (κ3) is 3.32. The summed E-state index contributed by atoms with van der Waals surface area (Å²) in [5.74, 6) is 0.711. The zero-order valence-corrected chi connectivity index (χ0v) is 10.3. The van der Waals surface area contributed by atoms with Gasteiger partial charge in [0.05, 0.1) is 12.2 Å². The molecule has 1 aromatic carbocycles. The summed E-state index contributed by atoms with van der Waals surface area (Å²) in [5, 5.41) is 12.8. The fourth-order valence-corrected chi connectivity index (χ4v) is 1.92. The van der Waals surface area contributed by atoms with Gasteiger partial charge in [0, 0.05) is 0 Å². The Bertz CT molecular complexity index is 486. The molecule has 0 aliphatic heterocycles. The number of nitrogens with one attached hydrogen (secondary N) is 1. The monoisotopic (exact) mass is 250 g/mol. The molecule has 0 atom stereocenters. The Morgan fingerprint density at radius 1 is 1.35 bits per heavy atom. The van der Waals surface area contributed by atoms with Crippen LogP contribution >= 0.6 is 11.3 Å². The van der Waals surface area contributed by atoms with E-state index in [0.29, 0.717) is 24.6 Å². The van der Waals surface area contributed by atoms with Crippen molar-refractivity contribution in [3.63, 3.8) is 0 Å². The van der Waals surface area contributed by atoms with Crippen molar-refractivity contribution < 1.29 is 4.74 Å². The van der Waals surface area contributed by atoms with E-state index < -0.39 is 0 Å². The van der Waals surface area contributed by atoms with E-state index in [4.69, 9.17) is 10.5 Å². The lowest BCUT2D eigenvalue weighted by atomic mass is 10.3. The molecule has 5 nitrogen and oxygen atoms in total. The number of rotatable bonds is 5. The van der Waals surface area contributed by atoms with Crippen LogP contribution in [0.15, 0.2) is 24.3 Å². The molecule has 0 amide bonds. The number of benzene rings is 1. The summed E-state index contributed by atoms with van der Waals surface area (Å²) in [6, 6.07) is 7.44. The van der Waals surface area contributed by atoms with Crippen molar-refractivity contribution in [2.75, 3.05) is 24.2 Å². The van der Waals surface area contributed by atoms with E-state index in [1.807, 2.05) is 31.2 Å². The predicted octanol–water partition coefficient (Wildman–Crippen LogP) is 1.92. The number of para-hydroxylation sites is 2. The molecule has 0 saturated carbocycles. The molecular formula is C11H14N4OS. The molecule has 3 N–H and O–H groups in total. The van der Waals surface area contributed by atoms with Crippen molar-refractivity contribution in [1.82, 2.24) is 10.2 Å². The molecule has 0 radical (unpaired) electrons. The van der Waals surface area contributed by atoms with Crippen LogP contribution in [-0.4, -0.2) is 23.3 Å². The molecule has 2 aromatic rings. The van der Waals surface area contributed by atoms with Gasteiger partial charge >= 0.3 is 0 Å². The molecule has 0 saturated heterocycles. The average Bonchev–Trinajstić information content (AvgIpc) is 2.73. The summed E-state index contributed by atoms with van der Waals surface area (Å²) in [6.07, 6.45) is 0. The number of aryl methyl sites for hydroxylation is 1. The second-order valence-electron chi connectivity index (χ2n) is 3.44. The minimum absolute atomic E-state index is 0.535. The van der Waals surface area contributed by atoms with Crippen molar-refractivity contribution in [3.05, 3.63) is 29.3 Å². The highest BCUT2D eigenvalue weighted by molar-refractivity contribution is 7.15. The summed E-state index contributed by atoms with van der Waals surface area (Å²) in [5.41, 5.74) is 6.40. The van der Waals surface area contributed by atoms with Crippen LogP contribution in [0.25, 0.3) is 0 Å². The Balaban J connectivity index is 1.75. The van der Waals surface area contributed by atoms with Crippen molar-refractivity contribution in [1.29, 1.82) is 0 Å². The molecule has 90 valence electrons. The SMILES string of the molecule is Cc1nnc(NCCOc2ccccc2N)s1. The Kier molecular flexibility index (Phi) is 3.77.